The number of ether oxygens (including phenoxy) is 1. The summed E-state index contributed by atoms with van der Waals surface area (Å²) < 4.78 is 5.44. The maximum atomic E-state index is 6.04. The third-order valence-electron chi connectivity index (χ3n) is 3.82. The second-order valence-electron chi connectivity index (χ2n) is 5.15. The van der Waals surface area contributed by atoms with E-state index >= 15 is 0 Å². The number of nitrogens with two attached hydrogens (primary N) is 1. The Hall–Kier alpha value is -1.54. The molecule has 0 amide bonds. The highest BCUT2D eigenvalue weighted by Gasteiger charge is 2.26. The molecule has 7 nitrogen and oxygen atoms in total. The molecule has 1 aliphatic heterocycles. The van der Waals surface area contributed by atoms with Crippen LogP contribution in [0.25, 0.3) is 11.3 Å². The minimum absolute atomic E-state index is 0.0905. The first kappa shape index (κ1) is 15.4. The molecular formula is C14H19ClN6O. The van der Waals surface area contributed by atoms with Gasteiger partial charge in [0.2, 0.25) is 5.28 Å². The predicted molar refractivity (Wildman–Crippen MR) is 83.4 cm³/mol. The van der Waals surface area contributed by atoms with Crippen LogP contribution in [0.2, 0.25) is 5.28 Å². The van der Waals surface area contributed by atoms with Gasteiger partial charge in [0, 0.05) is 31.0 Å². The summed E-state index contributed by atoms with van der Waals surface area (Å²) >= 11 is 6.04. The van der Waals surface area contributed by atoms with Crippen molar-refractivity contribution >= 4 is 11.6 Å². The molecule has 0 spiro atoms. The van der Waals surface area contributed by atoms with E-state index in [9.17, 15) is 0 Å². The van der Waals surface area contributed by atoms with E-state index in [1.54, 1.807) is 12.4 Å². The van der Waals surface area contributed by atoms with Gasteiger partial charge in [0.05, 0.1) is 30.6 Å². The molecule has 3 N–H and O–H groups in total. The van der Waals surface area contributed by atoms with Crippen LogP contribution in [0.5, 0.6) is 0 Å². The van der Waals surface area contributed by atoms with Crippen molar-refractivity contribution in [2.45, 2.75) is 12.5 Å². The summed E-state index contributed by atoms with van der Waals surface area (Å²) in [7, 11) is 0. The van der Waals surface area contributed by atoms with Crippen LogP contribution in [0.1, 0.15) is 18.2 Å². The molecule has 1 fully saturated rings. The van der Waals surface area contributed by atoms with E-state index < -0.39 is 0 Å². The van der Waals surface area contributed by atoms with Gasteiger partial charge in [-0.25, -0.2) is 9.97 Å². The van der Waals surface area contributed by atoms with Gasteiger partial charge in [0.15, 0.2) is 0 Å². The molecule has 1 atom stereocenters. The third-order valence-corrected chi connectivity index (χ3v) is 4.00. The summed E-state index contributed by atoms with van der Waals surface area (Å²) in [6.45, 7) is 3.73. The van der Waals surface area contributed by atoms with Gasteiger partial charge < -0.3 is 10.5 Å². The number of H-pyrrole nitrogens is 1. The quantitative estimate of drug-likeness (QED) is 0.805. The molecule has 0 bridgehead atoms. The molecule has 3 rings (SSSR count). The van der Waals surface area contributed by atoms with Crippen LogP contribution < -0.4 is 5.73 Å². The number of hydrogen-bond donors (Lipinski definition) is 2. The Bertz CT molecular complexity index is 599. The topological polar surface area (TPSA) is 92.9 Å². The molecule has 0 radical (unpaired) electrons. The van der Waals surface area contributed by atoms with E-state index in [2.05, 4.69) is 25.1 Å². The summed E-state index contributed by atoms with van der Waals surface area (Å²) in [6.07, 6.45) is 4.25. The normalized spacial score (nSPS) is 17.5. The average molecular weight is 323 g/mol. The molecule has 0 aromatic carbocycles. The van der Waals surface area contributed by atoms with Crippen molar-refractivity contribution in [3.63, 3.8) is 0 Å². The monoisotopic (exact) mass is 322 g/mol. The average Bonchev–Trinajstić information content (AvgIpc) is 3.07. The number of hydrogen-bond acceptors (Lipinski definition) is 6. The van der Waals surface area contributed by atoms with Gasteiger partial charge >= 0.3 is 0 Å². The third kappa shape index (κ3) is 3.27. The molecule has 3 heterocycles. The molecular weight excluding hydrogens is 304 g/mol. The van der Waals surface area contributed by atoms with Gasteiger partial charge in [0.25, 0.3) is 0 Å². The Morgan fingerprint density at radius 3 is 2.91 bits per heavy atom. The molecule has 118 valence electrons. The second-order valence-corrected chi connectivity index (χ2v) is 5.49. The largest absolute Gasteiger partial charge is 0.379 e. The number of nitrogens with one attached hydrogen (secondary N) is 1. The van der Waals surface area contributed by atoms with E-state index in [1.807, 2.05) is 6.07 Å². The predicted octanol–water partition coefficient (Wildman–Crippen LogP) is 1.24. The van der Waals surface area contributed by atoms with Crippen molar-refractivity contribution < 1.29 is 4.74 Å². The number of nitrogens with zero attached hydrogens (tertiary/aromatic N) is 4. The molecule has 2 aromatic rings. The maximum absolute atomic E-state index is 6.04. The van der Waals surface area contributed by atoms with Gasteiger partial charge in [-0.3, -0.25) is 10.00 Å². The van der Waals surface area contributed by atoms with E-state index in [4.69, 9.17) is 22.1 Å². The van der Waals surface area contributed by atoms with Gasteiger partial charge in [0.1, 0.15) is 0 Å². The SMILES string of the molecule is NCCC(c1nc(Cl)ncc1-c1ccn[nH]1)N1CCOCC1. The number of morpholine rings is 1. The van der Waals surface area contributed by atoms with Crippen LogP contribution in [-0.4, -0.2) is 57.9 Å². The number of rotatable bonds is 5. The Morgan fingerprint density at radius 2 is 2.23 bits per heavy atom. The highest BCUT2D eigenvalue weighted by atomic mass is 35.5. The van der Waals surface area contributed by atoms with Crippen molar-refractivity contribution in [1.82, 2.24) is 25.1 Å². The second kappa shape index (κ2) is 7.15. The van der Waals surface area contributed by atoms with Gasteiger partial charge in [-0.05, 0) is 30.6 Å². The summed E-state index contributed by atoms with van der Waals surface area (Å²) in [4.78, 5) is 10.9. The lowest BCUT2D eigenvalue weighted by Gasteiger charge is -2.34. The van der Waals surface area contributed by atoms with Crippen LogP contribution in [-0.2, 0) is 4.74 Å². The fourth-order valence-corrected chi connectivity index (χ4v) is 2.92. The van der Waals surface area contributed by atoms with Crippen molar-refractivity contribution in [1.29, 1.82) is 0 Å². The lowest BCUT2D eigenvalue weighted by molar-refractivity contribution is 0.0139. The van der Waals surface area contributed by atoms with Crippen molar-refractivity contribution in [2.24, 2.45) is 5.73 Å². The molecule has 0 aliphatic carbocycles. The zero-order valence-electron chi connectivity index (χ0n) is 12.2. The molecule has 1 aliphatic rings. The Kier molecular flexibility index (Phi) is 4.99. The van der Waals surface area contributed by atoms with E-state index in [0.29, 0.717) is 6.54 Å². The standard InChI is InChI=1S/C14H19ClN6O/c15-14-17-9-10(11-2-4-18-20-11)13(19-14)12(1-3-16)21-5-7-22-8-6-21/h2,4,9,12H,1,3,5-8,16H2,(H,18,20). The number of aromatic nitrogens is 4. The fourth-order valence-electron chi connectivity index (χ4n) is 2.78. The van der Waals surface area contributed by atoms with Crippen LogP contribution in [0.15, 0.2) is 18.5 Å². The first-order chi connectivity index (χ1) is 10.8. The summed E-state index contributed by atoms with van der Waals surface area (Å²) in [5.41, 5.74) is 8.50. The number of halogens is 1. The Labute approximate surface area is 133 Å². The summed E-state index contributed by atoms with van der Waals surface area (Å²) in [6, 6.07) is 1.99. The van der Waals surface area contributed by atoms with E-state index in [1.165, 1.54) is 0 Å². The lowest BCUT2D eigenvalue weighted by atomic mass is 10.0. The highest BCUT2D eigenvalue weighted by Crippen LogP contribution is 2.31. The van der Waals surface area contributed by atoms with Crippen LogP contribution in [0.4, 0.5) is 0 Å². The Balaban J connectivity index is 2.00. The van der Waals surface area contributed by atoms with Crippen LogP contribution in [0.3, 0.4) is 0 Å². The van der Waals surface area contributed by atoms with Crippen molar-refractivity contribution in [3.8, 4) is 11.3 Å². The zero-order chi connectivity index (χ0) is 15.4. The van der Waals surface area contributed by atoms with E-state index in [-0.39, 0.29) is 11.3 Å². The minimum atomic E-state index is 0.0905. The Morgan fingerprint density at radius 1 is 1.41 bits per heavy atom. The fraction of sp³-hybridized carbons (Fsp3) is 0.500. The minimum Gasteiger partial charge on any atom is -0.379 e. The van der Waals surface area contributed by atoms with Crippen LogP contribution >= 0.6 is 11.6 Å². The van der Waals surface area contributed by atoms with Gasteiger partial charge in [-0.1, -0.05) is 0 Å². The van der Waals surface area contributed by atoms with Crippen LogP contribution in [0, 0.1) is 0 Å². The van der Waals surface area contributed by atoms with Crippen molar-refractivity contribution in [2.75, 3.05) is 32.8 Å². The molecule has 1 unspecified atom stereocenters. The molecule has 22 heavy (non-hydrogen) atoms. The van der Waals surface area contributed by atoms with Crippen molar-refractivity contribution in [3.05, 3.63) is 29.4 Å². The maximum Gasteiger partial charge on any atom is 0.222 e. The molecule has 0 saturated carbocycles. The lowest BCUT2D eigenvalue weighted by Crippen LogP contribution is -2.40. The van der Waals surface area contributed by atoms with Gasteiger partial charge in [-0.2, -0.15) is 5.10 Å². The molecule has 8 heteroatoms. The van der Waals surface area contributed by atoms with E-state index in [0.717, 1.165) is 49.7 Å². The number of aromatic amines is 1. The van der Waals surface area contributed by atoms with Gasteiger partial charge in [-0.15, -0.1) is 0 Å². The highest BCUT2D eigenvalue weighted by molar-refractivity contribution is 6.28. The molecule has 1 saturated heterocycles. The first-order valence-corrected chi connectivity index (χ1v) is 7.71. The summed E-state index contributed by atoms with van der Waals surface area (Å²) in [5, 5.41) is 7.22. The zero-order valence-corrected chi connectivity index (χ0v) is 13.0. The first-order valence-electron chi connectivity index (χ1n) is 7.33. The summed E-state index contributed by atoms with van der Waals surface area (Å²) in [5.74, 6) is 0. The molecule has 2 aromatic heterocycles. The smallest absolute Gasteiger partial charge is 0.222 e.